The number of esters is 1. The molecule has 0 aromatic heterocycles. The molecule has 49 heavy (non-hydrogen) atoms. The van der Waals surface area contributed by atoms with E-state index >= 15 is 0 Å². The normalized spacial score (nSPS) is 13.8. The molecule has 2 atom stereocenters. The average molecular weight is 714 g/mol. The van der Waals surface area contributed by atoms with Gasteiger partial charge in [0.1, 0.15) is 12.7 Å². The van der Waals surface area contributed by atoms with Crippen LogP contribution in [0.25, 0.3) is 0 Å². The van der Waals surface area contributed by atoms with Crippen molar-refractivity contribution in [3.63, 3.8) is 0 Å². The van der Waals surface area contributed by atoms with E-state index in [0.717, 1.165) is 70.6 Å². The van der Waals surface area contributed by atoms with Crippen molar-refractivity contribution < 1.29 is 37.9 Å². The fourth-order valence-electron chi connectivity index (χ4n) is 5.16. The van der Waals surface area contributed by atoms with Gasteiger partial charge in [-0.05, 0) is 44.9 Å². The van der Waals surface area contributed by atoms with Gasteiger partial charge in [-0.3, -0.25) is 18.6 Å². The number of nitrogens with one attached hydrogen (secondary N) is 1. The molecule has 0 saturated heterocycles. The molecule has 0 aliphatic rings. The maximum Gasteiger partial charge on any atom is 0.472 e. The highest BCUT2D eigenvalue weighted by Gasteiger charge is 2.23. The first kappa shape index (κ1) is 47.2. The maximum atomic E-state index is 12.0. The number of ether oxygens (including phenoxy) is 1. The van der Waals surface area contributed by atoms with Gasteiger partial charge in [-0.2, -0.15) is 0 Å². The Labute approximate surface area is 299 Å². The first-order valence-corrected chi connectivity index (χ1v) is 21.0. The third kappa shape index (κ3) is 37.3. The molecule has 1 amide bonds. The quantitative estimate of drug-likeness (QED) is 0.0253. The minimum atomic E-state index is -4.41. The number of amides is 1. The Morgan fingerprint density at radius 3 is 1.76 bits per heavy atom. The van der Waals surface area contributed by atoms with Crippen molar-refractivity contribution in [2.24, 2.45) is 0 Å². The van der Waals surface area contributed by atoms with Crippen LogP contribution in [0.4, 0.5) is 0 Å². The Hall–Kier alpha value is -1.77. The Morgan fingerprint density at radius 2 is 1.16 bits per heavy atom. The van der Waals surface area contributed by atoms with Gasteiger partial charge < -0.3 is 20.1 Å². The molecule has 10 heteroatoms. The summed E-state index contributed by atoms with van der Waals surface area (Å²) < 4.78 is 26.8. The lowest BCUT2D eigenvalue weighted by Gasteiger charge is -2.15. The molecule has 2 unspecified atom stereocenters. The molecule has 3 N–H and O–H groups in total. The van der Waals surface area contributed by atoms with Crippen LogP contribution in [0, 0.1) is 0 Å². The molecule has 0 spiro atoms. The number of hydrogen-bond donors (Lipinski definition) is 3. The average Bonchev–Trinajstić information content (AvgIpc) is 3.08. The van der Waals surface area contributed by atoms with Gasteiger partial charge in [0.15, 0.2) is 0 Å². The van der Waals surface area contributed by atoms with Crippen LogP contribution in [-0.4, -0.2) is 54.3 Å². The van der Waals surface area contributed by atoms with Crippen molar-refractivity contribution in [3.8, 4) is 0 Å². The van der Waals surface area contributed by atoms with Crippen LogP contribution in [0.15, 0.2) is 36.5 Å². The van der Waals surface area contributed by atoms with Gasteiger partial charge in [-0.25, -0.2) is 4.57 Å². The number of hydrogen-bond acceptors (Lipinski definition) is 7. The molecule has 286 valence electrons. The number of aliphatic hydroxyl groups is 1. The molecule has 0 rings (SSSR count). The van der Waals surface area contributed by atoms with E-state index in [0.29, 0.717) is 6.42 Å². The van der Waals surface area contributed by atoms with Crippen molar-refractivity contribution in [2.45, 2.75) is 174 Å². The summed E-state index contributed by atoms with van der Waals surface area (Å²) in [6, 6.07) is 0. The highest BCUT2D eigenvalue weighted by atomic mass is 31.2. The summed E-state index contributed by atoms with van der Waals surface area (Å²) >= 11 is 0. The lowest BCUT2D eigenvalue weighted by atomic mass is 10.1. The molecular formula is C39H72NO8P. The summed E-state index contributed by atoms with van der Waals surface area (Å²) in [5, 5.41) is 12.6. The van der Waals surface area contributed by atoms with E-state index in [1.54, 1.807) is 0 Å². The molecule has 0 radical (unpaired) electrons. The second-order valence-electron chi connectivity index (χ2n) is 12.9. The largest absolute Gasteiger partial charge is 0.472 e. The Balaban J connectivity index is 3.63. The van der Waals surface area contributed by atoms with E-state index in [4.69, 9.17) is 13.8 Å². The van der Waals surface area contributed by atoms with Gasteiger partial charge in [-0.1, -0.05) is 147 Å². The molecule has 0 aromatic rings. The first-order valence-electron chi connectivity index (χ1n) is 19.5. The van der Waals surface area contributed by atoms with Gasteiger partial charge >= 0.3 is 13.8 Å². The summed E-state index contributed by atoms with van der Waals surface area (Å²) in [5.41, 5.74) is 0. The monoisotopic (exact) mass is 713 g/mol. The number of rotatable bonds is 36. The van der Waals surface area contributed by atoms with Gasteiger partial charge in [0.25, 0.3) is 0 Å². The van der Waals surface area contributed by atoms with Crippen molar-refractivity contribution in [1.82, 2.24) is 5.32 Å². The molecule has 0 aliphatic heterocycles. The smallest absolute Gasteiger partial charge is 0.463 e. The van der Waals surface area contributed by atoms with E-state index in [2.05, 4.69) is 55.6 Å². The van der Waals surface area contributed by atoms with Crippen molar-refractivity contribution in [3.05, 3.63) is 36.5 Å². The van der Waals surface area contributed by atoms with Crippen LogP contribution >= 0.6 is 7.82 Å². The van der Waals surface area contributed by atoms with E-state index in [1.807, 2.05) is 0 Å². The second-order valence-corrected chi connectivity index (χ2v) is 14.3. The van der Waals surface area contributed by atoms with Crippen LogP contribution in [0.5, 0.6) is 0 Å². The highest BCUT2D eigenvalue weighted by molar-refractivity contribution is 7.47. The van der Waals surface area contributed by atoms with E-state index in [1.165, 1.54) is 70.6 Å². The number of unbranched alkanes of at least 4 members (excludes halogenated alkanes) is 17. The third-order valence-electron chi connectivity index (χ3n) is 8.08. The standard InChI is InChI=1S/C39H72NO8P/c1-3-5-7-9-11-13-15-16-17-18-19-20-22-24-26-28-30-32-39(43)46-35-37(41)36-48-49(44,45)47-34-33-40-38(42)31-29-27-25-23-21-14-12-10-8-6-4-2/h5,7,11,13,16-17,37,41H,3-4,6,8-10,12,14-15,18-36H2,1-2H3,(H,40,42)(H,44,45)/b7-5-,13-11-,17-16-. The maximum absolute atomic E-state index is 12.0. The topological polar surface area (TPSA) is 131 Å². The summed E-state index contributed by atoms with van der Waals surface area (Å²) in [4.78, 5) is 33.7. The van der Waals surface area contributed by atoms with Crippen LogP contribution in [0.2, 0.25) is 0 Å². The molecule has 0 bridgehead atoms. The number of allylic oxidation sites excluding steroid dienone is 6. The Morgan fingerprint density at radius 1 is 0.653 bits per heavy atom. The summed E-state index contributed by atoms with van der Waals surface area (Å²) in [5.74, 6) is -0.527. The van der Waals surface area contributed by atoms with Crippen LogP contribution < -0.4 is 5.32 Å². The fraction of sp³-hybridized carbons (Fsp3) is 0.795. The predicted molar refractivity (Wildman–Crippen MR) is 201 cm³/mol. The minimum Gasteiger partial charge on any atom is -0.463 e. The van der Waals surface area contributed by atoms with Crippen LogP contribution in [0.1, 0.15) is 168 Å². The number of carbonyl (C=O) groups is 2. The SMILES string of the molecule is CC/C=C\C/C=C\C/C=C\CCCCCCCCCC(=O)OCC(O)COP(=O)(O)OCCNC(=O)CCCCCCCCCCCCC. The van der Waals surface area contributed by atoms with Crippen molar-refractivity contribution >= 4 is 19.7 Å². The lowest BCUT2D eigenvalue weighted by molar-refractivity contribution is -0.147. The minimum absolute atomic E-state index is 0.0820. The second kappa shape index (κ2) is 36.0. The fourth-order valence-corrected chi connectivity index (χ4v) is 5.92. The predicted octanol–water partition coefficient (Wildman–Crippen LogP) is 10.2. The molecule has 9 nitrogen and oxygen atoms in total. The molecule has 0 saturated carbocycles. The van der Waals surface area contributed by atoms with Gasteiger partial charge in [-0.15, -0.1) is 0 Å². The Bertz CT molecular complexity index is 907. The first-order chi connectivity index (χ1) is 23.8. The van der Waals surface area contributed by atoms with Crippen LogP contribution in [-0.2, 0) is 27.9 Å². The molecular weight excluding hydrogens is 641 g/mol. The van der Waals surface area contributed by atoms with Crippen molar-refractivity contribution in [1.29, 1.82) is 0 Å². The Kier molecular flexibility index (Phi) is 34.7. The number of phosphoric acid groups is 1. The van der Waals surface area contributed by atoms with Gasteiger partial charge in [0.05, 0.1) is 13.2 Å². The third-order valence-corrected chi connectivity index (χ3v) is 9.07. The number of carbonyl (C=O) groups excluding carboxylic acids is 2. The number of aliphatic hydroxyl groups excluding tert-OH is 1. The van der Waals surface area contributed by atoms with Gasteiger partial charge in [0, 0.05) is 19.4 Å². The zero-order valence-corrected chi connectivity index (χ0v) is 32.0. The molecule has 0 aliphatic carbocycles. The molecule has 0 heterocycles. The van der Waals surface area contributed by atoms with E-state index in [9.17, 15) is 24.2 Å². The molecule has 0 fully saturated rings. The number of phosphoric ester groups is 1. The zero-order valence-electron chi connectivity index (χ0n) is 31.1. The highest BCUT2D eigenvalue weighted by Crippen LogP contribution is 2.42. The summed E-state index contributed by atoms with van der Waals surface area (Å²) in [6.07, 6.45) is 37.8. The zero-order chi connectivity index (χ0) is 36.1. The molecule has 0 aromatic carbocycles. The van der Waals surface area contributed by atoms with E-state index < -0.39 is 26.5 Å². The summed E-state index contributed by atoms with van der Waals surface area (Å²) in [7, 11) is -4.41. The van der Waals surface area contributed by atoms with Crippen LogP contribution in [0.3, 0.4) is 0 Å². The van der Waals surface area contributed by atoms with Gasteiger partial charge in [0.2, 0.25) is 5.91 Å². The van der Waals surface area contributed by atoms with Crippen molar-refractivity contribution in [2.75, 3.05) is 26.4 Å². The summed E-state index contributed by atoms with van der Waals surface area (Å²) in [6.45, 7) is 3.42. The lowest BCUT2D eigenvalue weighted by Crippen LogP contribution is -2.27. The van der Waals surface area contributed by atoms with E-state index in [-0.39, 0.29) is 32.1 Å².